The molecule has 0 saturated carbocycles. The van der Waals surface area contributed by atoms with Gasteiger partial charge in [0.15, 0.2) is 23.0 Å². The van der Waals surface area contributed by atoms with Gasteiger partial charge in [-0.15, -0.1) is 0 Å². The summed E-state index contributed by atoms with van der Waals surface area (Å²) in [5, 5.41) is 2.86. The van der Waals surface area contributed by atoms with E-state index in [2.05, 4.69) is 10.3 Å². The van der Waals surface area contributed by atoms with Crippen LogP contribution in [0.2, 0.25) is 0 Å². The molecule has 0 spiro atoms. The molecule has 0 bridgehead atoms. The first kappa shape index (κ1) is 21.0. The number of oxazole rings is 1. The van der Waals surface area contributed by atoms with Crippen LogP contribution in [-0.4, -0.2) is 36.8 Å². The normalized spacial score (nSPS) is 10.6. The van der Waals surface area contributed by atoms with Gasteiger partial charge in [0.25, 0.3) is 5.91 Å². The van der Waals surface area contributed by atoms with Crippen LogP contribution >= 0.6 is 0 Å². The monoisotopic (exact) mass is 433 g/mol. The van der Waals surface area contributed by atoms with Crippen LogP contribution < -0.4 is 19.5 Å². The summed E-state index contributed by atoms with van der Waals surface area (Å²) in [6, 6.07) is 16.5. The Labute approximate surface area is 185 Å². The molecule has 8 nitrogen and oxygen atoms in total. The lowest BCUT2D eigenvalue weighted by atomic mass is 10.2. The van der Waals surface area contributed by atoms with Crippen molar-refractivity contribution in [2.75, 3.05) is 26.6 Å². The minimum absolute atomic E-state index is 0.166. The molecule has 0 radical (unpaired) electrons. The number of anilines is 1. The molecule has 0 aliphatic carbocycles. The third kappa shape index (κ3) is 3.90. The average Bonchev–Trinajstić information content (AvgIpc) is 3.45. The van der Waals surface area contributed by atoms with Gasteiger partial charge in [-0.05, 0) is 24.3 Å². The Morgan fingerprint density at radius 1 is 0.969 bits per heavy atom. The number of rotatable bonds is 7. The molecule has 2 heterocycles. The van der Waals surface area contributed by atoms with Crippen molar-refractivity contribution >= 4 is 11.6 Å². The van der Waals surface area contributed by atoms with E-state index in [4.69, 9.17) is 18.6 Å². The van der Waals surface area contributed by atoms with E-state index in [-0.39, 0.29) is 5.69 Å². The molecule has 0 aliphatic rings. The zero-order valence-corrected chi connectivity index (χ0v) is 18.2. The molecule has 0 saturated heterocycles. The van der Waals surface area contributed by atoms with E-state index in [1.165, 1.54) is 21.3 Å². The Morgan fingerprint density at radius 2 is 1.66 bits per heavy atom. The maximum absolute atomic E-state index is 13.3. The maximum atomic E-state index is 13.3. The number of nitrogens with one attached hydrogen (secondary N) is 1. The Morgan fingerprint density at radius 3 is 2.22 bits per heavy atom. The summed E-state index contributed by atoms with van der Waals surface area (Å²) in [6.07, 6.45) is 1.88. The van der Waals surface area contributed by atoms with E-state index in [9.17, 15) is 4.79 Å². The van der Waals surface area contributed by atoms with Crippen molar-refractivity contribution in [2.45, 2.75) is 0 Å². The number of ether oxygens (including phenoxy) is 3. The Hall–Kier alpha value is -4.20. The van der Waals surface area contributed by atoms with Crippen molar-refractivity contribution in [3.05, 3.63) is 66.5 Å². The summed E-state index contributed by atoms with van der Waals surface area (Å²) in [5.41, 5.74) is 2.13. The number of hydrogen-bond acceptors (Lipinski definition) is 6. The number of benzene rings is 2. The first-order valence-corrected chi connectivity index (χ1v) is 9.85. The quantitative estimate of drug-likeness (QED) is 0.457. The van der Waals surface area contributed by atoms with E-state index in [0.717, 1.165) is 11.3 Å². The van der Waals surface area contributed by atoms with Gasteiger partial charge in [0.1, 0.15) is 0 Å². The van der Waals surface area contributed by atoms with Crippen LogP contribution in [0.15, 0.2) is 65.2 Å². The highest BCUT2D eigenvalue weighted by molar-refractivity contribution is 6.07. The predicted molar refractivity (Wildman–Crippen MR) is 120 cm³/mol. The summed E-state index contributed by atoms with van der Waals surface area (Å²) < 4.78 is 24.0. The molecule has 1 amide bonds. The van der Waals surface area contributed by atoms with Crippen LogP contribution in [0.3, 0.4) is 0 Å². The summed E-state index contributed by atoms with van der Waals surface area (Å²) in [5.74, 6) is 1.59. The van der Waals surface area contributed by atoms with Gasteiger partial charge in [-0.1, -0.05) is 18.2 Å². The van der Waals surface area contributed by atoms with Crippen molar-refractivity contribution < 1.29 is 23.4 Å². The molecule has 0 fully saturated rings. The lowest BCUT2D eigenvalue weighted by Crippen LogP contribution is -2.14. The molecule has 4 rings (SSSR count). The molecular weight excluding hydrogens is 410 g/mol. The molecule has 8 heteroatoms. The molecule has 0 aliphatic heterocycles. The van der Waals surface area contributed by atoms with Crippen LogP contribution in [-0.2, 0) is 7.05 Å². The Kier molecular flexibility index (Phi) is 5.85. The highest BCUT2D eigenvalue weighted by atomic mass is 16.5. The fourth-order valence-corrected chi connectivity index (χ4v) is 3.39. The zero-order chi connectivity index (χ0) is 22.7. The Balaban J connectivity index is 1.75. The van der Waals surface area contributed by atoms with E-state index in [1.807, 2.05) is 60.3 Å². The fourth-order valence-electron chi connectivity index (χ4n) is 3.39. The highest BCUT2D eigenvalue weighted by Crippen LogP contribution is 2.40. The second kappa shape index (κ2) is 8.89. The van der Waals surface area contributed by atoms with Crippen LogP contribution in [0.25, 0.3) is 22.9 Å². The van der Waals surface area contributed by atoms with Gasteiger partial charge < -0.3 is 28.5 Å². The number of carbonyl (C=O) groups excluding carboxylic acids is 1. The molecule has 164 valence electrons. The Bertz CT molecular complexity index is 1220. The van der Waals surface area contributed by atoms with Crippen molar-refractivity contribution in [2.24, 2.45) is 7.05 Å². The highest BCUT2D eigenvalue weighted by Gasteiger charge is 2.24. The molecule has 0 unspecified atom stereocenters. The van der Waals surface area contributed by atoms with Gasteiger partial charge >= 0.3 is 0 Å². The third-order valence-electron chi connectivity index (χ3n) is 4.96. The summed E-state index contributed by atoms with van der Waals surface area (Å²) in [4.78, 5) is 17.8. The minimum atomic E-state index is -0.429. The number of carbonyl (C=O) groups is 1. The number of hydrogen-bond donors (Lipinski definition) is 1. The number of aryl methyl sites for hydroxylation is 1. The van der Waals surface area contributed by atoms with Crippen LogP contribution in [0.5, 0.6) is 17.2 Å². The smallest absolute Gasteiger partial charge is 0.278 e. The average molecular weight is 433 g/mol. The molecular formula is C24H23N3O5. The topological polar surface area (TPSA) is 87.8 Å². The number of amides is 1. The largest absolute Gasteiger partial charge is 0.493 e. The number of aromatic nitrogens is 2. The predicted octanol–water partition coefficient (Wildman–Crippen LogP) is 4.63. The standard InChI is InChI=1S/C24H23N3O5/c1-27-12-8-11-17(27)21-20(26-24(32-21)15-9-6-5-7-10-15)23(28)25-16-13-18(29-2)22(31-4)19(14-16)30-3/h5-14H,1-4H3,(H,25,28). The molecule has 32 heavy (non-hydrogen) atoms. The summed E-state index contributed by atoms with van der Waals surface area (Å²) >= 11 is 0. The van der Waals surface area contributed by atoms with E-state index in [0.29, 0.717) is 34.6 Å². The molecule has 2 aromatic heterocycles. The fraction of sp³-hybridized carbons (Fsp3) is 0.167. The number of nitrogens with zero attached hydrogens (tertiary/aromatic N) is 2. The molecule has 0 atom stereocenters. The molecule has 1 N–H and O–H groups in total. The van der Waals surface area contributed by atoms with Crippen molar-refractivity contribution in [3.63, 3.8) is 0 Å². The van der Waals surface area contributed by atoms with Gasteiger partial charge in [0, 0.05) is 36.6 Å². The van der Waals surface area contributed by atoms with Gasteiger partial charge in [0.2, 0.25) is 11.6 Å². The lowest BCUT2D eigenvalue weighted by Gasteiger charge is -2.14. The lowest BCUT2D eigenvalue weighted by molar-refractivity contribution is 0.102. The third-order valence-corrected chi connectivity index (χ3v) is 4.96. The van der Waals surface area contributed by atoms with Crippen molar-refractivity contribution in [1.29, 1.82) is 0 Å². The first-order valence-electron chi connectivity index (χ1n) is 9.85. The second-order valence-corrected chi connectivity index (χ2v) is 6.94. The van der Waals surface area contributed by atoms with E-state index in [1.54, 1.807) is 12.1 Å². The first-order chi connectivity index (χ1) is 15.5. The van der Waals surface area contributed by atoms with Gasteiger partial charge in [-0.2, -0.15) is 0 Å². The van der Waals surface area contributed by atoms with Crippen molar-refractivity contribution in [3.8, 4) is 40.2 Å². The summed E-state index contributed by atoms with van der Waals surface area (Å²) in [6.45, 7) is 0. The molecule has 2 aromatic carbocycles. The van der Waals surface area contributed by atoms with Gasteiger partial charge in [-0.25, -0.2) is 4.98 Å². The van der Waals surface area contributed by atoms with Crippen LogP contribution in [0.1, 0.15) is 10.5 Å². The zero-order valence-electron chi connectivity index (χ0n) is 18.2. The van der Waals surface area contributed by atoms with Crippen LogP contribution in [0, 0.1) is 0 Å². The number of methoxy groups -OCH3 is 3. The van der Waals surface area contributed by atoms with Gasteiger partial charge in [0.05, 0.1) is 27.0 Å². The SMILES string of the molecule is COc1cc(NC(=O)c2nc(-c3ccccc3)oc2-c2cccn2C)cc(OC)c1OC. The van der Waals surface area contributed by atoms with Crippen LogP contribution in [0.4, 0.5) is 5.69 Å². The molecule has 4 aromatic rings. The second-order valence-electron chi connectivity index (χ2n) is 6.94. The minimum Gasteiger partial charge on any atom is -0.493 e. The van der Waals surface area contributed by atoms with Crippen molar-refractivity contribution in [1.82, 2.24) is 9.55 Å². The maximum Gasteiger partial charge on any atom is 0.278 e. The van der Waals surface area contributed by atoms with Gasteiger partial charge in [-0.3, -0.25) is 4.79 Å². The van der Waals surface area contributed by atoms with E-state index >= 15 is 0 Å². The van der Waals surface area contributed by atoms with E-state index < -0.39 is 5.91 Å². The summed E-state index contributed by atoms with van der Waals surface area (Å²) in [7, 11) is 6.42.